The van der Waals surface area contributed by atoms with Crippen LogP contribution in [0.25, 0.3) is 21.8 Å². The summed E-state index contributed by atoms with van der Waals surface area (Å²) in [4.78, 5) is 13.9. The summed E-state index contributed by atoms with van der Waals surface area (Å²) in [5, 5.41) is 11.6. The number of hydrogen-bond acceptors (Lipinski definition) is 1. The first-order valence-electron chi connectivity index (χ1n) is 6.05. The van der Waals surface area contributed by atoms with Gasteiger partial charge in [0.1, 0.15) is 0 Å². The largest absolute Gasteiger partial charge is 0.481 e. The average Bonchev–Trinajstić information content (AvgIpc) is 2.73. The van der Waals surface area contributed by atoms with Gasteiger partial charge < -0.3 is 10.1 Å². The van der Waals surface area contributed by atoms with Gasteiger partial charge in [0.2, 0.25) is 0 Å². The highest BCUT2D eigenvalue weighted by Crippen LogP contribution is 2.28. The van der Waals surface area contributed by atoms with Crippen molar-refractivity contribution in [2.24, 2.45) is 0 Å². The zero-order valence-corrected chi connectivity index (χ0v) is 10.9. The molecule has 0 amide bonds. The smallest absolute Gasteiger partial charge is 0.303 e. The molecule has 0 aliphatic rings. The standard InChI is InChI=1S/C15H12ClNO2/c16-10-3-5-13-12(8-10)11-4-1-9(2-6-15(18)19)7-14(11)17-13/h1,3-5,7-8,17H,2,6H2,(H,18,19). The van der Waals surface area contributed by atoms with E-state index in [1.807, 2.05) is 36.4 Å². The molecule has 2 aromatic carbocycles. The van der Waals surface area contributed by atoms with E-state index in [1.54, 1.807) is 0 Å². The van der Waals surface area contributed by atoms with Crippen molar-refractivity contribution in [2.75, 3.05) is 0 Å². The Labute approximate surface area is 114 Å². The lowest BCUT2D eigenvalue weighted by atomic mass is 10.1. The average molecular weight is 274 g/mol. The molecular weight excluding hydrogens is 262 g/mol. The van der Waals surface area contributed by atoms with Gasteiger partial charge in [0.15, 0.2) is 0 Å². The number of H-pyrrole nitrogens is 1. The molecule has 3 aromatic rings. The predicted octanol–water partition coefficient (Wildman–Crippen LogP) is 3.99. The molecule has 0 aliphatic heterocycles. The first-order chi connectivity index (χ1) is 9.13. The monoisotopic (exact) mass is 273 g/mol. The number of nitrogens with one attached hydrogen (secondary N) is 1. The maximum Gasteiger partial charge on any atom is 0.303 e. The van der Waals surface area contributed by atoms with E-state index in [0.717, 1.165) is 27.4 Å². The number of fused-ring (bicyclic) bond motifs is 3. The molecule has 3 rings (SSSR count). The van der Waals surface area contributed by atoms with E-state index >= 15 is 0 Å². The summed E-state index contributed by atoms with van der Waals surface area (Å²) in [6.45, 7) is 0. The van der Waals surface area contributed by atoms with Crippen molar-refractivity contribution in [3.8, 4) is 0 Å². The maximum atomic E-state index is 10.6. The van der Waals surface area contributed by atoms with Crippen molar-refractivity contribution in [3.05, 3.63) is 47.0 Å². The van der Waals surface area contributed by atoms with Gasteiger partial charge in [-0.1, -0.05) is 23.7 Å². The molecule has 0 radical (unpaired) electrons. The zero-order chi connectivity index (χ0) is 13.4. The molecular formula is C15H12ClNO2. The van der Waals surface area contributed by atoms with E-state index in [2.05, 4.69) is 4.98 Å². The third kappa shape index (κ3) is 2.29. The molecule has 0 spiro atoms. The number of rotatable bonds is 3. The molecule has 1 heterocycles. The molecule has 19 heavy (non-hydrogen) atoms. The van der Waals surface area contributed by atoms with Crippen molar-refractivity contribution in [3.63, 3.8) is 0 Å². The van der Waals surface area contributed by atoms with E-state index in [9.17, 15) is 4.79 Å². The normalized spacial score (nSPS) is 11.2. The molecule has 0 aliphatic carbocycles. The molecule has 0 saturated heterocycles. The molecule has 0 fully saturated rings. The summed E-state index contributed by atoms with van der Waals surface area (Å²) in [5.41, 5.74) is 3.07. The Balaban J connectivity index is 2.08. The third-order valence-corrected chi connectivity index (χ3v) is 3.49. The Morgan fingerprint density at radius 3 is 2.74 bits per heavy atom. The van der Waals surface area contributed by atoms with Crippen LogP contribution in [0.5, 0.6) is 0 Å². The molecule has 2 N–H and O–H groups in total. The summed E-state index contributed by atoms with van der Waals surface area (Å²) in [5.74, 6) is -0.775. The minimum absolute atomic E-state index is 0.150. The number of aryl methyl sites for hydroxylation is 1. The van der Waals surface area contributed by atoms with Crippen LogP contribution in [0.15, 0.2) is 36.4 Å². The van der Waals surface area contributed by atoms with Crippen LogP contribution in [-0.2, 0) is 11.2 Å². The molecule has 0 bridgehead atoms. The minimum Gasteiger partial charge on any atom is -0.481 e. The van der Waals surface area contributed by atoms with E-state index in [1.165, 1.54) is 0 Å². The van der Waals surface area contributed by atoms with Gasteiger partial charge in [-0.25, -0.2) is 0 Å². The van der Waals surface area contributed by atoms with Crippen LogP contribution >= 0.6 is 11.6 Å². The summed E-state index contributed by atoms with van der Waals surface area (Å²) >= 11 is 6.01. The van der Waals surface area contributed by atoms with Gasteiger partial charge in [0, 0.05) is 33.2 Å². The van der Waals surface area contributed by atoms with Gasteiger partial charge in [-0.2, -0.15) is 0 Å². The highest BCUT2D eigenvalue weighted by molar-refractivity contribution is 6.31. The second-order valence-corrected chi connectivity index (χ2v) is 5.03. The Hall–Kier alpha value is -2.00. The molecule has 1 aromatic heterocycles. The van der Waals surface area contributed by atoms with Crippen LogP contribution in [0.3, 0.4) is 0 Å². The number of hydrogen-bond donors (Lipinski definition) is 2. The van der Waals surface area contributed by atoms with Gasteiger partial charge >= 0.3 is 5.97 Å². The first-order valence-corrected chi connectivity index (χ1v) is 6.43. The minimum atomic E-state index is -0.775. The van der Waals surface area contributed by atoms with Crippen molar-refractivity contribution >= 4 is 39.4 Å². The number of aromatic amines is 1. The van der Waals surface area contributed by atoms with Gasteiger partial charge in [0.25, 0.3) is 0 Å². The van der Waals surface area contributed by atoms with Crippen LogP contribution in [0.2, 0.25) is 5.02 Å². The number of carbonyl (C=O) groups is 1. The summed E-state index contributed by atoms with van der Waals surface area (Å²) in [6.07, 6.45) is 0.693. The lowest BCUT2D eigenvalue weighted by Crippen LogP contribution is -1.97. The third-order valence-electron chi connectivity index (χ3n) is 3.25. The number of benzene rings is 2. The van der Waals surface area contributed by atoms with Gasteiger partial charge in [-0.3, -0.25) is 4.79 Å². The SMILES string of the molecule is O=C(O)CCc1ccc2c(c1)[nH]c1ccc(Cl)cc12. The summed E-state index contributed by atoms with van der Waals surface area (Å²) in [7, 11) is 0. The van der Waals surface area contributed by atoms with Crippen LogP contribution in [0.1, 0.15) is 12.0 Å². The molecule has 0 saturated carbocycles. The number of carboxylic acids is 1. The Morgan fingerprint density at radius 2 is 1.95 bits per heavy atom. The van der Waals surface area contributed by atoms with E-state index in [0.29, 0.717) is 11.4 Å². The molecule has 96 valence electrons. The highest BCUT2D eigenvalue weighted by Gasteiger charge is 2.06. The van der Waals surface area contributed by atoms with E-state index in [-0.39, 0.29) is 6.42 Å². The van der Waals surface area contributed by atoms with Crippen LogP contribution < -0.4 is 0 Å². The predicted molar refractivity (Wildman–Crippen MR) is 76.8 cm³/mol. The zero-order valence-electron chi connectivity index (χ0n) is 10.1. The second kappa shape index (κ2) is 4.59. The van der Waals surface area contributed by atoms with Crippen molar-refractivity contribution in [1.29, 1.82) is 0 Å². The van der Waals surface area contributed by atoms with Crippen molar-refractivity contribution < 1.29 is 9.90 Å². The lowest BCUT2D eigenvalue weighted by Gasteiger charge is -1.99. The molecule has 3 nitrogen and oxygen atoms in total. The maximum absolute atomic E-state index is 10.6. The highest BCUT2D eigenvalue weighted by atomic mass is 35.5. The van der Waals surface area contributed by atoms with Crippen molar-refractivity contribution in [1.82, 2.24) is 4.98 Å². The Morgan fingerprint density at radius 1 is 1.11 bits per heavy atom. The van der Waals surface area contributed by atoms with E-state index < -0.39 is 5.97 Å². The van der Waals surface area contributed by atoms with Crippen LogP contribution in [0, 0.1) is 0 Å². The summed E-state index contributed by atoms with van der Waals surface area (Å²) < 4.78 is 0. The molecule has 0 unspecified atom stereocenters. The first kappa shape index (κ1) is 12.1. The molecule has 4 heteroatoms. The Kier molecular flexibility index (Phi) is 2.91. The van der Waals surface area contributed by atoms with E-state index in [4.69, 9.17) is 16.7 Å². The molecule has 0 atom stereocenters. The van der Waals surface area contributed by atoms with Crippen LogP contribution in [0.4, 0.5) is 0 Å². The number of aromatic nitrogens is 1. The van der Waals surface area contributed by atoms with Crippen molar-refractivity contribution in [2.45, 2.75) is 12.8 Å². The lowest BCUT2D eigenvalue weighted by molar-refractivity contribution is -0.136. The second-order valence-electron chi connectivity index (χ2n) is 4.59. The Bertz CT molecular complexity index is 776. The fourth-order valence-electron chi connectivity index (χ4n) is 2.33. The summed E-state index contributed by atoms with van der Waals surface area (Å²) in [6, 6.07) is 11.7. The number of halogens is 1. The quantitative estimate of drug-likeness (QED) is 0.758. The fourth-order valence-corrected chi connectivity index (χ4v) is 2.50. The fraction of sp³-hybridized carbons (Fsp3) is 0.133. The topological polar surface area (TPSA) is 53.1 Å². The van der Waals surface area contributed by atoms with Gasteiger partial charge in [-0.05, 0) is 36.2 Å². The van der Waals surface area contributed by atoms with Gasteiger partial charge in [0.05, 0.1) is 0 Å². The van der Waals surface area contributed by atoms with Crippen LogP contribution in [-0.4, -0.2) is 16.1 Å². The van der Waals surface area contributed by atoms with Gasteiger partial charge in [-0.15, -0.1) is 0 Å². The number of carboxylic acid groups (broad SMARTS) is 1. The number of aliphatic carboxylic acids is 1.